The third-order valence-corrected chi connectivity index (χ3v) is 3.90. The van der Waals surface area contributed by atoms with Crippen LogP contribution in [0.15, 0.2) is 33.8 Å². The number of aliphatic imine (C=N–C) groups is 1. The Morgan fingerprint density at radius 2 is 2.00 bits per heavy atom. The molecule has 0 aliphatic heterocycles. The van der Waals surface area contributed by atoms with E-state index < -0.39 is 0 Å². The quantitative estimate of drug-likeness (QED) is 0.319. The van der Waals surface area contributed by atoms with Gasteiger partial charge in [0.2, 0.25) is 5.89 Å². The Kier molecular flexibility index (Phi) is 10.8. The zero-order valence-corrected chi connectivity index (χ0v) is 19.5. The lowest BCUT2D eigenvalue weighted by molar-refractivity contribution is 0.0683. The van der Waals surface area contributed by atoms with Crippen LogP contribution in [0.3, 0.4) is 0 Å². The molecule has 0 radical (unpaired) electrons. The SMILES string of the molecule is CCNC(=NCc1nc(C(C)OCC)no1)N(C)Cc1ccc(OC)cc1.I. The molecule has 9 heteroatoms. The minimum atomic E-state index is -0.192. The van der Waals surface area contributed by atoms with Gasteiger partial charge in [0.25, 0.3) is 0 Å². The lowest BCUT2D eigenvalue weighted by atomic mass is 10.2. The van der Waals surface area contributed by atoms with Crippen molar-refractivity contribution >= 4 is 29.9 Å². The molecule has 28 heavy (non-hydrogen) atoms. The van der Waals surface area contributed by atoms with Crippen LogP contribution >= 0.6 is 24.0 Å². The summed E-state index contributed by atoms with van der Waals surface area (Å²) in [5, 5.41) is 7.24. The van der Waals surface area contributed by atoms with Gasteiger partial charge in [-0.05, 0) is 38.5 Å². The standard InChI is InChI=1S/C19H29N5O3.HI/c1-6-20-19(24(4)13-15-8-10-16(25-5)11-9-15)21-12-17-22-18(23-27-17)14(3)26-7-2;/h8-11,14H,6-7,12-13H2,1-5H3,(H,20,21);1H. The number of ether oxygens (including phenoxy) is 2. The highest BCUT2D eigenvalue weighted by atomic mass is 127. The van der Waals surface area contributed by atoms with Gasteiger partial charge >= 0.3 is 0 Å². The molecule has 0 saturated carbocycles. The Hall–Kier alpha value is -1.88. The molecule has 8 nitrogen and oxygen atoms in total. The van der Waals surface area contributed by atoms with Gasteiger partial charge < -0.3 is 24.2 Å². The number of nitrogens with one attached hydrogen (secondary N) is 1. The van der Waals surface area contributed by atoms with Crippen molar-refractivity contribution in [2.45, 2.75) is 40.0 Å². The Balaban J connectivity index is 0.00000392. The average Bonchev–Trinajstić information content (AvgIpc) is 3.15. The molecule has 0 aliphatic rings. The summed E-state index contributed by atoms with van der Waals surface area (Å²) in [6.45, 7) is 8.25. The molecule has 0 aliphatic carbocycles. The fourth-order valence-electron chi connectivity index (χ4n) is 2.51. The molecular weight excluding hydrogens is 473 g/mol. The molecule has 0 bridgehead atoms. The van der Waals surface area contributed by atoms with E-state index >= 15 is 0 Å². The van der Waals surface area contributed by atoms with Crippen molar-refractivity contribution in [1.29, 1.82) is 0 Å². The lowest BCUT2D eigenvalue weighted by Gasteiger charge is -2.22. The van der Waals surface area contributed by atoms with E-state index in [2.05, 4.69) is 20.4 Å². The van der Waals surface area contributed by atoms with Gasteiger partial charge in [-0.3, -0.25) is 0 Å². The highest BCUT2D eigenvalue weighted by Gasteiger charge is 2.14. The van der Waals surface area contributed by atoms with Crippen molar-refractivity contribution in [3.05, 3.63) is 41.5 Å². The van der Waals surface area contributed by atoms with Gasteiger partial charge in [-0.2, -0.15) is 4.98 Å². The first-order valence-electron chi connectivity index (χ1n) is 9.13. The number of aromatic nitrogens is 2. The van der Waals surface area contributed by atoms with E-state index in [1.165, 1.54) is 0 Å². The summed E-state index contributed by atoms with van der Waals surface area (Å²) in [6.07, 6.45) is -0.192. The zero-order chi connectivity index (χ0) is 19.6. The van der Waals surface area contributed by atoms with Crippen LogP contribution in [-0.4, -0.2) is 48.3 Å². The Morgan fingerprint density at radius 1 is 1.29 bits per heavy atom. The molecular formula is C19H30IN5O3. The molecule has 156 valence electrons. The van der Waals surface area contributed by atoms with Crippen molar-refractivity contribution in [2.75, 3.05) is 27.3 Å². The number of hydrogen-bond acceptors (Lipinski definition) is 6. The smallest absolute Gasteiger partial charge is 0.248 e. The molecule has 1 atom stereocenters. The summed E-state index contributed by atoms with van der Waals surface area (Å²) >= 11 is 0. The van der Waals surface area contributed by atoms with E-state index in [1.807, 2.05) is 57.0 Å². The van der Waals surface area contributed by atoms with Crippen LogP contribution in [0.4, 0.5) is 0 Å². The molecule has 1 aromatic carbocycles. The highest BCUT2D eigenvalue weighted by Crippen LogP contribution is 2.14. The van der Waals surface area contributed by atoms with E-state index in [-0.39, 0.29) is 30.1 Å². The average molecular weight is 503 g/mol. The summed E-state index contributed by atoms with van der Waals surface area (Å²) in [7, 11) is 3.65. The summed E-state index contributed by atoms with van der Waals surface area (Å²) in [6, 6.07) is 7.98. The Labute approximate surface area is 183 Å². The molecule has 0 saturated heterocycles. The lowest BCUT2D eigenvalue weighted by Crippen LogP contribution is -2.38. The number of halogens is 1. The molecule has 2 aromatic rings. The zero-order valence-electron chi connectivity index (χ0n) is 17.1. The van der Waals surface area contributed by atoms with Crippen molar-refractivity contribution in [3.63, 3.8) is 0 Å². The maximum atomic E-state index is 5.48. The summed E-state index contributed by atoms with van der Waals surface area (Å²) in [4.78, 5) is 11.0. The monoisotopic (exact) mass is 503 g/mol. The topological polar surface area (TPSA) is 85.0 Å². The first-order valence-corrected chi connectivity index (χ1v) is 9.13. The third-order valence-electron chi connectivity index (χ3n) is 3.90. The molecule has 2 rings (SSSR count). The minimum absolute atomic E-state index is 0. The van der Waals surface area contributed by atoms with E-state index in [9.17, 15) is 0 Å². The number of methoxy groups -OCH3 is 1. The Bertz CT molecular complexity index is 721. The molecule has 0 amide bonds. The highest BCUT2D eigenvalue weighted by molar-refractivity contribution is 14.0. The predicted molar refractivity (Wildman–Crippen MR) is 119 cm³/mol. The van der Waals surface area contributed by atoms with Gasteiger partial charge in [0.15, 0.2) is 11.8 Å². The van der Waals surface area contributed by atoms with Crippen LogP contribution in [-0.2, 0) is 17.8 Å². The van der Waals surface area contributed by atoms with Crippen LogP contribution in [0.1, 0.15) is 44.2 Å². The van der Waals surface area contributed by atoms with Crippen molar-refractivity contribution in [2.24, 2.45) is 4.99 Å². The minimum Gasteiger partial charge on any atom is -0.497 e. The first kappa shape index (κ1) is 24.2. The molecule has 1 heterocycles. The number of hydrogen-bond donors (Lipinski definition) is 1. The predicted octanol–water partition coefficient (Wildman–Crippen LogP) is 3.39. The second kappa shape index (κ2) is 12.6. The third kappa shape index (κ3) is 7.27. The van der Waals surface area contributed by atoms with Crippen LogP contribution in [0.25, 0.3) is 0 Å². The second-order valence-electron chi connectivity index (χ2n) is 6.02. The van der Waals surface area contributed by atoms with E-state index in [0.717, 1.165) is 23.8 Å². The van der Waals surface area contributed by atoms with E-state index in [1.54, 1.807) is 7.11 Å². The summed E-state index contributed by atoms with van der Waals surface area (Å²) in [5.74, 6) is 2.62. The normalized spacial score (nSPS) is 12.2. The maximum Gasteiger partial charge on any atom is 0.248 e. The van der Waals surface area contributed by atoms with Crippen LogP contribution < -0.4 is 10.1 Å². The fraction of sp³-hybridized carbons (Fsp3) is 0.526. The maximum absolute atomic E-state index is 5.48. The van der Waals surface area contributed by atoms with Crippen LogP contribution in [0, 0.1) is 0 Å². The van der Waals surface area contributed by atoms with E-state index in [0.29, 0.717) is 31.4 Å². The Morgan fingerprint density at radius 3 is 2.61 bits per heavy atom. The largest absolute Gasteiger partial charge is 0.497 e. The second-order valence-corrected chi connectivity index (χ2v) is 6.02. The van der Waals surface area contributed by atoms with Crippen molar-refractivity contribution in [1.82, 2.24) is 20.4 Å². The summed E-state index contributed by atoms with van der Waals surface area (Å²) < 4.78 is 16.0. The molecule has 0 fully saturated rings. The fourth-order valence-corrected chi connectivity index (χ4v) is 2.51. The molecule has 1 aromatic heterocycles. The van der Waals surface area contributed by atoms with Gasteiger partial charge in [-0.25, -0.2) is 4.99 Å². The van der Waals surface area contributed by atoms with Gasteiger partial charge in [-0.1, -0.05) is 17.3 Å². The molecule has 1 unspecified atom stereocenters. The first-order chi connectivity index (χ1) is 13.1. The number of nitrogens with zero attached hydrogens (tertiary/aromatic N) is 4. The van der Waals surface area contributed by atoms with Crippen molar-refractivity contribution < 1.29 is 14.0 Å². The van der Waals surface area contributed by atoms with Crippen LogP contribution in [0.2, 0.25) is 0 Å². The molecule has 0 spiro atoms. The van der Waals surface area contributed by atoms with Crippen molar-refractivity contribution in [3.8, 4) is 5.75 Å². The van der Waals surface area contributed by atoms with Gasteiger partial charge in [-0.15, -0.1) is 24.0 Å². The number of guanidine groups is 1. The van der Waals surface area contributed by atoms with Crippen LogP contribution in [0.5, 0.6) is 5.75 Å². The van der Waals surface area contributed by atoms with Gasteiger partial charge in [0.1, 0.15) is 18.4 Å². The number of benzene rings is 1. The van der Waals surface area contributed by atoms with Gasteiger partial charge in [0, 0.05) is 26.7 Å². The molecule has 1 N–H and O–H groups in total. The summed E-state index contributed by atoms with van der Waals surface area (Å²) in [5.41, 5.74) is 1.16. The van der Waals surface area contributed by atoms with E-state index in [4.69, 9.17) is 14.0 Å². The van der Waals surface area contributed by atoms with Gasteiger partial charge in [0.05, 0.1) is 7.11 Å². The number of rotatable bonds is 9.